The van der Waals surface area contributed by atoms with E-state index in [9.17, 15) is 5.11 Å². The van der Waals surface area contributed by atoms with Crippen molar-refractivity contribution in [2.75, 3.05) is 6.54 Å². The van der Waals surface area contributed by atoms with Crippen molar-refractivity contribution in [2.24, 2.45) is 0 Å². The summed E-state index contributed by atoms with van der Waals surface area (Å²) in [4.78, 5) is 5.21. The molecule has 0 bridgehead atoms. The van der Waals surface area contributed by atoms with Gasteiger partial charge in [-0.25, -0.2) is 0 Å². The maximum atomic E-state index is 10.2. The van der Waals surface area contributed by atoms with Crippen LogP contribution >= 0.6 is 11.3 Å². The topological polar surface area (TPSA) is 45.1 Å². The molecule has 1 atom stereocenters. The number of benzene rings is 1. The molecule has 0 aliphatic heterocycles. The van der Waals surface area contributed by atoms with Gasteiger partial charge in [-0.15, -0.1) is 11.3 Å². The van der Waals surface area contributed by atoms with Crippen molar-refractivity contribution in [1.82, 2.24) is 10.3 Å². The van der Waals surface area contributed by atoms with E-state index < -0.39 is 6.10 Å². The predicted molar refractivity (Wildman–Crippen MR) is 83.9 cm³/mol. The average Bonchev–Trinajstić information content (AvgIpc) is 2.91. The highest BCUT2D eigenvalue weighted by molar-refractivity contribution is 7.09. The molecule has 0 radical (unpaired) electrons. The number of thiazole rings is 1. The first kappa shape index (κ1) is 15.2. The fourth-order valence-electron chi connectivity index (χ4n) is 1.98. The first-order chi connectivity index (χ1) is 9.47. The van der Waals surface area contributed by atoms with Gasteiger partial charge in [0.05, 0.1) is 11.6 Å². The Morgan fingerprint density at radius 1 is 1.25 bits per heavy atom. The van der Waals surface area contributed by atoms with Crippen LogP contribution in [-0.4, -0.2) is 16.6 Å². The molecule has 0 saturated heterocycles. The van der Waals surface area contributed by atoms with E-state index in [2.05, 4.69) is 43.2 Å². The molecule has 0 amide bonds. The number of hydrogen-bond acceptors (Lipinski definition) is 4. The SMILES string of the molecule is CC(C)(C)c1ccc(C(O)CNCc2cncs2)cc1. The Morgan fingerprint density at radius 3 is 2.50 bits per heavy atom. The number of aromatic nitrogens is 1. The summed E-state index contributed by atoms with van der Waals surface area (Å²) in [6, 6.07) is 8.22. The molecule has 1 unspecified atom stereocenters. The van der Waals surface area contributed by atoms with Crippen molar-refractivity contribution < 1.29 is 5.11 Å². The summed E-state index contributed by atoms with van der Waals surface area (Å²) in [6.07, 6.45) is 1.37. The predicted octanol–water partition coefficient (Wildman–Crippen LogP) is 3.26. The van der Waals surface area contributed by atoms with Crippen LogP contribution in [0, 0.1) is 0 Å². The van der Waals surface area contributed by atoms with E-state index in [-0.39, 0.29) is 5.41 Å². The van der Waals surface area contributed by atoms with Gasteiger partial charge in [-0.3, -0.25) is 4.98 Å². The average molecular weight is 290 g/mol. The molecule has 0 fully saturated rings. The lowest BCUT2D eigenvalue weighted by molar-refractivity contribution is 0.174. The molecule has 0 aliphatic carbocycles. The van der Waals surface area contributed by atoms with E-state index in [1.807, 2.05) is 23.8 Å². The molecule has 2 aromatic rings. The molecule has 20 heavy (non-hydrogen) atoms. The van der Waals surface area contributed by atoms with Gasteiger partial charge in [0, 0.05) is 24.2 Å². The minimum atomic E-state index is -0.475. The van der Waals surface area contributed by atoms with Gasteiger partial charge in [-0.1, -0.05) is 45.0 Å². The number of rotatable bonds is 5. The van der Waals surface area contributed by atoms with Crippen LogP contribution < -0.4 is 5.32 Å². The minimum Gasteiger partial charge on any atom is -0.387 e. The molecule has 1 heterocycles. The highest BCUT2D eigenvalue weighted by atomic mass is 32.1. The standard InChI is InChI=1S/C16H22N2OS/c1-16(2,3)13-6-4-12(5-7-13)15(19)10-17-8-14-9-18-11-20-14/h4-7,9,11,15,17,19H,8,10H2,1-3H3. The molecule has 3 nitrogen and oxygen atoms in total. The monoisotopic (exact) mass is 290 g/mol. The van der Waals surface area contributed by atoms with Gasteiger partial charge in [-0.05, 0) is 16.5 Å². The number of nitrogens with zero attached hydrogens (tertiary/aromatic N) is 1. The summed E-state index contributed by atoms with van der Waals surface area (Å²) in [6.45, 7) is 7.87. The van der Waals surface area contributed by atoms with E-state index in [1.54, 1.807) is 11.3 Å². The summed E-state index contributed by atoms with van der Waals surface area (Å²) in [5.41, 5.74) is 4.20. The molecule has 0 aliphatic rings. The molecule has 2 N–H and O–H groups in total. The van der Waals surface area contributed by atoms with Crippen LogP contribution in [0.5, 0.6) is 0 Å². The summed E-state index contributed by atoms with van der Waals surface area (Å²) < 4.78 is 0. The molecule has 0 spiro atoms. The van der Waals surface area contributed by atoms with Gasteiger partial charge in [-0.2, -0.15) is 0 Å². The van der Waals surface area contributed by atoms with Gasteiger partial charge in [0.15, 0.2) is 0 Å². The van der Waals surface area contributed by atoms with E-state index in [4.69, 9.17) is 0 Å². The third-order valence-electron chi connectivity index (χ3n) is 3.28. The zero-order valence-electron chi connectivity index (χ0n) is 12.3. The van der Waals surface area contributed by atoms with Crippen LogP contribution in [0.2, 0.25) is 0 Å². The quantitative estimate of drug-likeness (QED) is 0.888. The van der Waals surface area contributed by atoms with E-state index in [1.165, 1.54) is 10.4 Å². The van der Waals surface area contributed by atoms with Gasteiger partial charge in [0.25, 0.3) is 0 Å². The van der Waals surface area contributed by atoms with Gasteiger partial charge >= 0.3 is 0 Å². The second-order valence-electron chi connectivity index (χ2n) is 5.99. The first-order valence-electron chi connectivity index (χ1n) is 6.83. The Labute approximate surface area is 124 Å². The van der Waals surface area contributed by atoms with Crippen molar-refractivity contribution in [2.45, 2.75) is 38.8 Å². The van der Waals surface area contributed by atoms with Gasteiger partial charge < -0.3 is 10.4 Å². The molecule has 0 saturated carbocycles. The highest BCUT2D eigenvalue weighted by Gasteiger charge is 2.14. The van der Waals surface area contributed by atoms with Crippen LogP contribution in [-0.2, 0) is 12.0 Å². The Kier molecular flexibility index (Phi) is 4.91. The number of aliphatic hydroxyl groups excluding tert-OH is 1. The summed E-state index contributed by atoms with van der Waals surface area (Å²) in [5, 5.41) is 13.4. The Bertz CT molecular complexity index is 514. The summed E-state index contributed by atoms with van der Waals surface area (Å²) in [5.74, 6) is 0. The van der Waals surface area contributed by atoms with Crippen molar-refractivity contribution in [1.29, 1.82) is 0 Å². The lowest BCUT2D eigenvalue weighted by Gasteiger charge is -2.20. The van der Waals surface area contributed by atoms with Gasteiger partial charge in [0.2, 0.25) is 0 Å². The van der Waals surface area contributed by atoms with Crippen molar-refractivity contribution >= 4 is 11.3 Å². The zero-order chi connectivity index (χ0) is 14.6. The van der Waals surface area contributed by atoms with E-state index in [0.717, 1.165) is 12.1 Å². The van der Waals surface area contributed by atoms with Crippen molar-refractivity contribution in [3.8, 4) is 0 Å². The number of nitrogens with one attached hydrogen (secondary N) is 1. The molecule has 1 aromatic heterocycles. The maximum absolute atomic E-state index is 10.2. The van der Waals surface area contributed by atoms with Crippen LogP contribution in [0.15, 0.2) is 36.0 Å². The second kappa shape index (κ2) is 6.48. The normalized spacial score (nSPS) is 13.4. The fourth-order valence-corrected chi connectivity index (χ4v) is 2.55. The third kappa shape index (κ3) is 4.13. The Hall–Kier alpha value is -1.23. The molecule has 1 aromatic carbocycles. The second-order valence-corrected chi connectivity index (χ2v) is 6.96. The summed E-state index contributed by atoms with van der Waals surface area (Å²) >= 11 is 1.62. The summed E-state index contributed by atoms with van der Waals surface area (Å²) in [7, 11) is 0. The number of aliphatic hydroxyl groups is 1. The maximum Gasteiger partial charge on any atom is 0.0914 e. The zero-order valence-corrected chi connectivity index (χ0v) is 13.1. The molecular formula is C16H22N2OS. The van der Waals surface area contributed by atoms with Crippen LogP contribution in [0.25, 0.3) is 0 Å². The highest BCUT2D eigenvalue weighted by Crippen LogP contribution is 2.23. The smallest absolute Gasteiger partial charge is 0.0914 e. The van der Waals surface area contributed by atoms with E-state index in [0.29, 0.717) is 6.54 Å². The molecule has 108 valence electrons. The Balaban J connectivity index is 1.87. The number of hydrogen-bond donors (Lipinski definition) is 2. The van der Waals surface area contributed by atoms with Crippen molar-refractivity contribution in [3.63, 3.8) is 0 Å². The fraction of sp³-hybridized carbons (Fsp3) is 0.438. The molecule has 4 heteroatoms. The minimum absolute atomic E-state index is 0.147. The first-order valence-corrected chi connectivity index (χ1v) is 7.71. The lowest BCUT2D eigenvalue weighted by Crippen LogP contribution is -2.20. The van der Waals surface area contributed by atoms with Crippen LogP contribution in [0.4, 0.5) is 0 Å². The third-order valence-corrected chi connectivity index (χ3v) is 4.06. The molecule has 2 rings (SSSR count). The van der Waals surface area contributed by atoms with Crippen molar-refractivity contribution in [3.05, 3.63) is 52.0 Å². The van der Waals surface area contributed by atoms with Crippen LogP contribution in [0.3, 0.4) is 0 Å². The largest absolute Gasteiger partial charge is 0.387 e. The molecular weight excluding hydrogens is 268 g/mol. The Morgan fingerprint density at radius 2 is 1.95 bits per heavy atom. The van der Waals surface area contributed by atoms with Gasteiger partial charge in [0.1, 0.15) is 0 Å². The van der Waals surface area contributed by atoms with Crippen LogP contribution in [0.1, 0.15) is 42.9 Å². The lowest BCUT2D eigenvalue weighted by atomic mass is 9.86. The van der Waals surface area contributed by atoms with E-state index >= 15 is 0 Å².